The van der Waals surface area contributed by atoms with E-state index < -0.39 is 0 Å². The third kappa shape index (κ3) is 3.71. The van der Waals surface area contributed by atoms with Crippen molar-refractivity contribution in [2.24, 2.45) is 0 Å². The van der Waals surface area contributed by atoms with Crippen molar-refractivity contribution in [2.75, 3.05) is 20.2 Å². The average molecular weight is 315 g/mol. The zero-order valence-electron chi connectivity index (χ0n) is 12.8. The van der Waals surface area contributed by atoms with Gasteiger partial charge in [0.1, 0.15) is 11.8 Å². The number of nitrogens with zero attached hydrogens (tertiary/aromatic N) is 5. The van der Waals surface area contributed by atoms with Crippen LogP contribution in [0.15, 0.2) is 30.9 Å². The number of carbonyl (C=O) groups excluding carboxylic acids is 1. The highest BCUT2D eigenvalue weighted by Gasteiger charge is 2.25. The van der Waals surface area contributed by atoms with E-state index in [2.05, 4.69) is 19.9 Å². The van der Waals surface area contributed by atoms with Gasteiger partial charge in [0, 0.05) is 50.6 Å². The summed E-state index contributed by atoms with van der Waals surface area (Å²) in [5.41, 5.74) is 0.368. The Hall–Kier alpha value is -2.77. The number of rotatable bonds is 4. The molecule has 0 spiro atoms. The molecule has 0 saturated carbocycles. The zero-order valence-corrected chi connectivity index (χ0v) is 12.8. The summed E-state index contributed by atoms with van der Waals surface area (Å²) in [6.45, 7) is 1.23. The lowest BCUT2D eigenvalue weighted by Gasteiger charge is -2.31. The minimum Gasteiger partial charge on any atom is -0.474 e. The van der Waals surface area contributed by atoms with Gasteiger partial charge >= 0.3 is 6.01 Å². The van der Waals surface area contributed by atoms with E-state index in [1.807, 2.05) is 0 Å². The molecule has 8 heteroatoms. The van der Waals surface area contributed by atoms with E-state index in [0.717, 1.165) is 12.8 Å². The smallest absolute Gasteiger partial charge is 0.319 e. The Kier molecular flexibility index (Phi) is 4.60. The summed E-state index contributed by atoms with van der Waals surface area (Å²) in [6, 6.07) is 1.97. The average Bonchev–Trinajstić information content (AvgIpc) is 2.63. The molecule has 0 N–H and O–H groups in total. The van der Waals surface area contributed by atoms with Gasteiger partial charge in [0.25, 0.3) is 5.91 Å². The van der Waals surface area contributed by atoms with Crippen LogP contribution < -0.4 is 9.47 Å². The van der Waals surface area contributed by atoms with Crippen molar-refractivity contribution in [3.05, 3.63) is 36.5 Å². The molecular weight excluding hydrogens is 298 g/mol. The van der Waals surface area contributed by atoms with Gasteiger partial charge in [0.15, 0.2) is 0 Å². The molecule has 0 aromatic carbocycles. The topological polar surface area (TPSA) is 90.3 Å². The maximum Gasteiger partial charge on any atom is 0.319 e. The van der Waals surface area contributed by atoms with Crippen molar-refractivity contribution in [2.45, 2.75) is 18.9 Å². The third-order valence-electron chi connectivity index (χ3n) is 3.59. The van der Waals surface area contributed by atoms with E-state index in [-0.39, 0.29) is 18.0 Å². The maximum atomic E-state index is 12.3. The normalized spacial score (nSPS) is 15.3. The van der Waals surface area contributed by atoms with E-state index in [1.54, 1.807) is 23.4 Å². The Morgan fingerprint density at radius 1 is 1.22 bits per heavy atom. The molecule has 1 amide bonds. The van der Waals surface area contributed by atoms with E-state index >= 15 is 0 Å². The molecule has 0 unspecified atom stereocenters. The first kappa shape index (κ1) is 15.1. The quantitative estimate of drug-likeness (QED) is 0.830. The summed E-state index contributed by atoms with van der Waals surface area (Å²) in [7, 11) is 1.51. The molecule has 1 aliphatic rings. The van der Waals surface area contributed by atoms with Crippen LogP contribution in [0.1, 0.15) is 23.3 Å². The van der Waals surface area contributed by atoms with E-state index in [4.69, 9.17) is 9.47 Å². The fraction of sp³-hybridized carbons (Fsp3) is 0.400. The molecule has 0 aliphatic carbocycles. The molecule has 120 valence electrons. The Labute approximate surface area is 133 Å². The van der Waals surface area contributed by atoms with Crippen molar-refractivity contribution in [3.8, 4) is 11.9 Å². The first-order chi connectivity index (χ1) is 11.3. The fourth-order valence-electron chi connectivity index (χ4n) is 2.41. The molecule has 23 heavy (non-hydrogen) atoms. The minimum atomic E-state index is -0.0970. The van der Waals surface area contributed by atoms with Gasteiger partial charge in [-0.3, -0.25) is 9.78 Å². The van der Waals surface area contributed by atoms with Gasteiger partial charge in [-0.2, -0.15) is 4.98 Å². The van der Waals surface area contributed by atoms with Gasteiger partial charge in [-0.25, -0.2) is 9.97 Å². The summed E-state index contributed by atoms with van der Waals surface area (Å²) in [5.74, 6) is 0.385. The van der Waals surface area contributed by atoms with Crippen molar-refractivity contribution >= 4 is 5.91 Å². The summed E-state index contributed by atoms with van der Waals surface area (Å²) in [5, 5.41) is 0. The Morgan fingerprint density at radius 2 is 2.04 bits per heavy atom. The van der Waals surface area contributed by atoms with Crippen molar-refractivity contribution in [1.82, 2.24) is 24.8 Å². The monoisotopic (exact) mass is 315 g/mol. The van der Waals surface area contributed by atoms with Crippen LogP contribution in [-0.2, 0) is 0 Å². The van der Waals surface area contributed by atoms with Gasteiger partial charge in [0.2, 0.25) is 5.88 Å². The molecule has 2 aromatic rings. The van der Waals surface area contributed by atoms with Crippen molar-refractivity contribution in [1.29, 1.82) is 0 Å². The van der Waals surface area contributed by atoms with Crippen molar-refractivity contribution in [3.63, 3.8) is 0 Å². The predicted molar refractivity (Wildman–Crippen MR) is 80.2 cm³/mol. The molecule has 8 nitrogen and oxygen atoms in total. The van der Waals surface area contributed by atoms with Crippen LogP contribution in [0, 0.1) is 0 Å². The predicted octanol–water partition coefficient (Wildman–Crippen LogP) is 0.959. The molecule has 1 saturated heterocycles. The van der Waals surface area contributed by atoms with Gasteiger partial charge in [0.05, 0.1) is 13.3 Å². The lowest BCUT2D eigenvalue weighted by Crippen LogP contribution is -2.42. The van der Waals surface area contributed by atoms with Crippen LogP contribution >= 0.6 is 0 Å². The largest absolute Gasteiger partial charge is 0.474 e. The van der Waals surface area contributed by atoms with Gasteiger partial charge in [-0.15, -0.1) is 0 Å². The molecule has 0 atom stereocenters. The van der Waals surface area contributed by atoms with Crippen LogP contribution in [0.4, 0.5) is 0 Å². The summed E-state index contributed by atoms with van der Waals surface area (Å²) >= 11 is 0. The number of ether oxygens (including phenoxy) is 2. The molecule has 3 heterocycles. The molecule has 2 aromatic heterocycles. The molecule has 0 radical (unpaired) electrons. The number of methoxy groups -OCH3 is 1. The molecule has 0 bridgehead atoms. The Bertz CT molecular complexity index is 659. The van der Waals surface area contributed by atoms with E-state index in [0.29, 0.717) is 24.7 Å². The number of hydrogen-bond donors (Lipinski definition) is 0. The maximum absolute atomic E-state index is 12.3. The van der Waals surface area contributed by atoms with E-state index in [1.165, 1.54) is 19.5 Å². The van der Waals surface area contributed by atoms with Crippen LogP contribution in [0.25, 0.3) is 0 Å². The molecule has 1 fully saturated rings. The van der Waals surface area contributed by atoms with Crippen LogP contribution in [-0.4, -0.2) is 57.0 Å². The number of likely N-dealkylation sites (tertiary alicyclic amines) is 1. The third-order valence-corrected chi connectivity index (χ3v) is 3.59. The highest BCUT2D eigenvalue weighted by molar-refractivity contribution is 5.92. The highest BCUT2D eigenvalue weighted by atomic mass is 16.5. The molecule has 3 rings (SSSR count). The first-order valence-corrected chi connectivity index (χ1v) is 7.35. The van der Waals surface area contributed by atoms with Crippen molar-refractivity contribution < 1.29 is 14.3 Å². The van der Waals surface area contributed by atoms with E-state index in [9.17, 15) is 4.79 Å². The van der Waals surface area contributed by atoms with Crippen LogP contribution in [0.3, 0.4) is 0 Å². The Balaban J connectivity index is 1.55. The second-order valence-corrected chi connectivity index (χ2v) is 5.08. The number of hydrogen-bond acceptors (Lipinski definition) is 7. The number of amides is 1. The summed E-state index contributed by atoms with van der Waals surface area (Å²) < 4.78 is 10.8. The molecule has 1 aliphatic heterocycles. The highest BCUT2D eigenvalue weighted by Crippen LogP contribution is 2.19. The fourth-order valence-corrected chi connectivity index (χ4v) is 2.41. The SMILES string of the molecule is COc1nccc(OC2CCN(C(=O)c3cnccn3)CC2)n1. The number of aromatic nitrogens is 4. The summed E-state index contributed by atoms with van der Waals surface area (Å²) in [4.78, 5) is 30.1. The van der Waals surface area contributed by atoms with Crippen LogP contribution in [0.2, 0.25) is 0 Å². The second-order valence-electron chi connectivity index (χ2n) is 5.08. The molecular formula is C15H17N5O3. The summed E-state index contributed by atoms with van der Waals surface area (Å²) in [6.07, 6.45) is 7.63. The van der Waals surface area contributed by atoms with Gasteiger partial charge < -0.3 is 14.4 Å². The zero-order chi connectivity index (χ0) is 16.1. The standard InChI is InChI=1S/C15H17N5O3/c1-22-15-18-5-2-13(19-15)23-11-3-8-20(9-4-11)14(21)12-10-16-6-7-17-12/h2,5-7,10-11H,3-4,8-9H2,1H3. The first-order valence-electron chi connectivity index (χ1n) is 7.35. The Morgan fingerprint density at radius 3 is 2.74 bits per heavy atom. The minimum absolute atomic E-state index is 0.0144. The second kappa shape index (κ2) is 6.99. The van der Waals surface area contributed by atoms with Gasteiger partial charge in [-0.05, 0) is 0 Å². The lowest BCUT2D eigenvalue weighted by molar-refractivity contribution is 0.0581. The van der Waals surface area contributed by atoms with Crippen LogP contribution in [0.5, 0.6) is 11.9 Å². The lowest BCUT2D eigenvalue weighted by atomic mass is 10.1. The number of carbonyl (C=O) groups is 1. The van der Waals surface area contributed by atoms with Gasteiger partial charge in [-0.1, -0.05) is 0 Å². The number of piperidine rings is 1.